The molecule has 3 N–H and O–H groups in total. The Hall–Kier alpha value is 0.190. The summed E-state index contributed by atoms with van der Waals surface area (Å²) in [6, 6.07) is 0. The molecular weight excluding hydrogens is 128 g/mol. The average molecular weight is 138 g/mol. The number of rotatable bonds is 0. The average Bonchev–Trinajstić information content (AvgIpc) is 1.86. The van der Waals surface area contributed by atoms with Crippen LogP contribution in [0.4, 0.5) is 0 Å². The normalized spacial score (nSPS) is 32.9. The van der Waals surface area contributed by atoms with E-state index in [9.17, 15) is 0 Å². The third-order valence-electron chi connectivity index (χ3n) is 1.16. The second-order valence-electron chi connectivity index (χ2n) is 1.76. The zero-order valence-corrected chi connectivity index (χ0v) is 5.48. The molecule has 50 valence electrons. The van der Waals surface area contributed by atoms with E-state index in [0.29, 0.717) is 13.1 Å². The van der Waals surface area contributed by atoms with Crippen LogP contribution >= 0.6 is 11.0 Å². The van der Waals surface area contributed by atoms with Crippen molar-refractivity contribution in [1.29, 1.82) is 0 Å². The number of nitrogens with zero attached hydrogens (tertiary/aromatic N) is 1. The highest BCUT2D eigenvalue weighted by molar-refractivity contribution is 8.20. The van der Waals surface area contributed by atoms with E-state index < -0.39 is 11.0 Å². The zero-order chi connectivity index (χ0) is 6.20. The molecular formula is C3H10N2O2S. The molecule has 0 amide bonds. The molecule has 0 aromatic rings. The summed E-state index contributed by atoms with van der Waals surface area (Å²) in [5.74, 6) is 0. The maximum atomic E-state index is 8.92. The summed E-state index contributed by atoms with van der Waals surface area (Å²) in [6.07, 6.45) is 0. The first-order valence-corrected chi connectivity index (χ1v) is 3.87. The summed E-state index contributed by atoms with van der Waals surface area (Å²) in [4.78, 5) is 0. The molecule has 8 heavy (non-hydrogen) atoms. The second kappa shape index (κ2) is 1.85. The first-order chi connectivity index (χ1) is 3.63. The van der Waals surface area contributed by atoms with Gasteiger partial charge in [0.05, 0.1) is 0 Å². The Labute approximate surface area is 50.1 Å². The molecule has 1 aliphatic heterocycles. The molecule has 0 atom stereocenters. The lowest BCUT2D eigenvalue weighted by atomic mass is 10.7. The molecule has 1 aliphatic rings. The standard InChI is InChI=1S/C3H10N2O2S/c1-5-3-2-4-8(5,6)7/h4,6-7H,2-3H2,1H3. The molecule has 0 unspecified atom stereocenters. The van der Waals surface area contributed by atoms with Gasteiger partial charge < -0.3 is 0 Å². The predicted octanol–water partition coefficient (Wildman–Crippen LogP) is 0.102. The third-order valence-corrected chi connectivity index (χ3v) is 2.80. The van der Waals surface area contributed by atoms with Gasteiger partial charge in [0.1, 0.15) is 0 Å². The fraction of sp³-hybridized carbons (Fsp3) is 1.00. The zero-order valence-electron chi connectivity index (χ0n) is 4.66. The lowest BCUT2D eigenvalue weighted by Gasteiger charge is -2.32. The molecule has 0 aromatic carbocycles. The van der Waals surface area contributed by atoms with E-state index in [1.165, 1.54) is 4.31 Å². The molecule has 0 spiro atoms. The van der Waals surface area contributed by atoms with E-state index in [1.807, 2.05) is 0 Å². The summed E-state index contributed by atoms with van der Waals surface area (Å²) in [5, 5.41) is 0. The van der Waals surface area contributed by atoms with Gasteiger partial charge in [-0.05, 0) is 0 Å². The Kier molecular flexibility index (Phi) is 1.46. The lowest BCUT2D eigenvalue weighted by molar-refractivity contribution is 0.412. The van der Waals surface area contributed by atoms with Crippen LogP contribution in [0.3, 0.4) is 0 Å². The maximum Gasteiger partial charge on any atom is 0.0330 e. The highest BCUT2D eigenvalue weighted by Crippen LogP contribution is 2.39. The molecule has 1 heterocycles. The van der Waals surface area contributed by atoms with Crippen molar-refractivity contribution in [3.05, 3.63) is 0 Å². The molecule has 4 nitrogen and oxygen atoms in total. The first kappa shape index (κ1) is 6.31. The molecule has 0 saturated carbocycles. The number of likely N-dealkylation sites (N-methyl/N-ethyl adjacent to an activating group) is 1. The molecule has 1 fully saturated rings. The Balaban J connectivity index is 2.54. The van der Waals surface area contributed by atoms with Crippen molar-refractivity contribution >= 4 is 11.0 Å². The van der Waals surface area contributed by atoms with Crippen molar-refractivity contribution in [2.24, 2.45) is 0 Å². The van der Waals surface area contributed by atoms with Gasteiger partial charge in [0.15, 0.2) is 0 Å². The highest BCUT2D eigenvalue weighted by atomic mass is 32.3. The van der Waals surface area contributed by atoms with Gasteiger partial charge in [0.25, 0.3) is 0 Å². The predicted molar refractivity (Wildman–Crippen MR) is 33.5 cm³/mol. The van der Waals surface area contributed by atoms with E-state index in [-0.39, 0.29) is 0 Å². The molecule has 0 radical (unpaired) electrons. The smallest absolute Gasteiger partial charge is 0.0330 e. The second-order valence-corrected chi connectivity index (χ2v) is 3.71. The van der Waals surface area contributed by atoms with E-state index in [2.05, 4.69) is 4.72 Å². The third kappa shape index (κ3) is 0.958. The highest BCUT2D eigenvalue weighted by Gasteiger charge is 2.23. The van der Waals surface area contributed by atoms with Crippen molar-refractivity contribution in [2.75, 3.05) is 20.1 Å². The van der Waals surface area contributed by atoms with Gasteiger partial charge in [-0.1, -0.05) is 11.0 Å². The maximum absolute atomic E-state index is 8.92. The fourth-order valence-corrected chi connectivity index (χ4v) is 1.51. The van der Waals surface area contributed by atoms with Crippen LogP contribution in [-0.2, 0) is 0 Å². The van der Waals surface area contributed by atoms with Gasteiger partial charge in [0, 0.05) is 20.1 Å². The van der Waals surface area contributed by atoms with Gasteiger partial charge >= 0.3 is 0 Å². The Morgan fingerprint density at radius 1 is 1.62 bits per heavy atom. The summed E-state index contributed by atoms with van der Waals surface area (Å²) in [5.41, 5.74) is 0. The molecule has 0 aromatic heterocycles. The summed E-state index contributed by atoms with van der Waals surface area (Å²) in [6.45, 7) is 1.38. The van der Waals surface area contributed by atoms with Crippen LogP contribution in [0.2, 0.25) is 0 Å². The van der Waals surface area contributed by atoms with Crippen LogP contribution in [0, 0.1) is 0 Å². The van der Waals surface area contributed by atoms with Crippen LogP contribution in [-0.4, -0.2) is 33.5 Å². The molecule has 5 heteroatoms. The molecule has 0 aliphatic carbocycles. The van der Waals surface area contributed by atoms with Gasteiger partial charge in [-0.15, -0.1) is 0 Å². The van der Waals surface area contributed by atoms with Crippen LogP contribution in [0.5, 0.6) is 0 Å². The van der Waals surface area contributed by atoms with E-state index in [1.54, 1.807) is 7.05 Å². The van der Waals surface area contributed by atoms with Gasteiger partial charge in [-0.3, -0.25) is 9.11 Å². The minimum absolute atomic E-state index is 0.666. The van der Waals surface area contributed by atoms with Crippen LogP contribution in [0.1, 0.15) is 0 Å². The minimum atomic E-state index is -2.54. The Morgan fingerprint density at radius 2 is 2.25 bits per heavy atom. The van der Waals surface area contributed by atoms with Crippen molar-refractivity contribution in [3.8, 4) is 0 Å². The van der Waals surface area contributed by atoms with E-state index in [4.69, 9.17) is 9.11 Å². The summed E-state index contributed by atoms with van der Waals surface area (Å²) >= 11 is 0. The van der Waals surface area contributed by atoms with Gasteiger partial charge in [-0.25, -0.2) is 4.72 Å². The Morgan fingerprint density at radius 3 is 2.38 bits per heavy atom. The first-order valence-electron chi connectivity index (χ1n) is 2.37. The van der Waals surface area contributed by atoms with Crippen molar-refractivity contribution < 1.29 is 9.11 Å². The summed E-state index contributed by atoms with van der Waals surface area (Å²) < 4.78 is 21.9. The minimum Gasteiger partial charge on any atom is -0.272 e. The molecule has 0 bridgehead atoms. The summed E-state index contributed by atoms with van der Waals surface area (Å²) in [7, 11) is -0.866. The van der Waals surface area contributed by atoms with Crippen LogP contribution < -0.4 is 4.72 Å². The largest absolute Gasteiger partial charge is 0.272 e. The van der Waals surface area contributed by atoms with Crippen LogP contribution in [0.15, 0.2) is 0 Å². The van der Waals surface area contributed by atoms with Crippen molar-refractivity contribution in [1.82, 2.24) is 9.03 Å². The molecule has 1 saturated heterocycles. The van der Waals surface area contributed by atoms with Crippen LogP contribution in [0.25, 0.3) is 0 Å². The van der Waals surface area contributed by atoms with Gasteiger partial charge in [-0.2, -0.15) is 4.31 Å². The van der Waals surface area contributed by atoms with Gasteiger partial charge in [0.2, 0.25) is 0 Å². The number of hydrogen-bond donors (Lipinski definition) is 3. The monoisotopic (exact) mass is 138 g/mol. The number of nitrogens with one attached hydrogen (secondary N) is 1. The molecule has 1 rings (SSSR count). The van der Waals surface area contributed by atoms with Crippen molar-refractivity contribution in [2.45, 2.75) is 0 Å². The van der Waals surface area contributed by atoms with Crippen molar-refractivity contribution in [3.63, 3.8) is 0 Å². The topological polar surface area (TPSA) is 55.7 Å². The quantitative estimate of drug-likeness (QED) is 0.444. The lowest BCUT2D eigenvalue weighted by Crippen LogP contribution is -2.21. The van der Waals surface area contributed by atoms with E-state index >= 15 is 0 Å². The van der Waals surface area contributed by atoms with E-state index in [0.717, 1.165) is 0 Å². The SMILES string of the molecule is CN1CCNS1(O)O. The number of hydrogen-bond acceptors (Lipinski definition) is 4. The Bertz CT molecular complexity index is 97.3. The fourth-order valence-electron chi connectivity index (χ4n) is 0.578.